The molecule has 0 aliphatic heterocycles. The first-order valence-electron chi connectivity index (χ1n) is 13.5. The van der Waals surface area contributed by atoms with Crippen LogP contribution in [0.5, 0.6) is 0 Å². The molecule has 7 nitrogen and oxygen atoms in total. The molecule has 0 radical (unpaired) electrons. The smallest absolute Gasteiger partial charge is 0.264 e. The summed E-state index contributed by atoms with van der Waals surface area (Å²) in [4.78, 5) is 28.9. The van der Waals surface area contributed by atoms with Crippen LogP contribution in [0.3, 0.4) is 0 Å². The maximum Gasteiger partial charge on any atom is 0.264 e. The van der Waals surface area contributed by atoms with Crippen LogP contribution in [0, 0.1) is 20.8 Å². The minimum Gasteiger partial charge on any atom is -0.352 e. The van der Waals surface area contributed by atoms with Crippen molar-refractivity contribution in [2.75, 3.05) is 10.8 Å². The Bertz CT molecular complexity index is 1490. The molecule has 0 aliphatic carbocycles. The Kier molecular flexibility index (Phi) is 10.9. The number of rotatable bonds is 11. The Morgan fingerprint density at radius 1 is 0.902 bits per heavy atom. The van der Waals surface area contributed by atoms with Gasteiger partial charge >= 0.3 is 0 Å². The van der Waals surface area contributed by atoms with E-state index in [4.69, 9.17) is 23.2 Å². The van der Waals surface area contributed by atoms with Gasteiger partial charge in [0.25, 0.3) is 10.0 Å². The first kappa shape index (κ1) is 32.4. The van der Waals surface area contributed by atoms with Gasteiger partial charge in [-0.3, -0.25) is 13.9 Å². The molecule has 3 aromatic carbocycles. The van der Waals surface area contributed by atoms with Gasteiger partial charge in [-0.25, -0.2) is 8.42 Å². The predicted molar refractivity (Wildman–Crippen MR) is 166 cm³/mol. The zero-order valence-electron chi connectivity index (χ0n) is 24.2. The molecule has 3 rings (SSSR count). The fourth-order valence-corrected chi connectivity index (χ4v) is 6.59. The Balaban J connectivity index is 2.14. The predicted octanol–water partition coefficient (Wildman–Crippen LogP) is 6.45. The molecule has 41 heavy (non-hydrogen) atoms. The van der Waals surface area contributed by atoms with Crippen LogP contribution in [0.4, 0.5) is 5.69 Å². The number of nitrogens with one attached hydrogen (secondary N) is 1. The second-order valence-corrected chi connectivity index (χ2v) is 13.1. The number of hydrogen-bond donors (Lipinski definition) is 1. The normalized spacial score (nSPS) is 12.2. The molecule has 0 saturated carbocycles. The first-order chi connectivity index (χ1) is 19.3. The Morgan fingerprint density at radius 3 is 2.02 bits per heavy atom. The van der Waals surface area contributed by atoms with Gasteiger partial charge in [0, 0.05) is 28.2 Å². The van der Waals surface area contributed by atoms with Gasteiger partial charge in [-0.1, -0.05) is 71.6 Å². The molecule has 10 heteroatoms. The van der Waals surface area contributed by atoms with Gasteiger partial charge in [0.2, 0.25) is 11.8 Å². The number of carbonyl (C=O) groups is 2. The second kappa shape index (κ2) is 13.7. The van der Waals surface area contributed by atoms with E-state index in [1.54, 1.807) is 56.3 Å². The summed E-state index contributed by atoms with van der Waals surface area (Å²) in [5.41, 5.74) is 3.40. The van der Waals surface area contributed by atoms with Crippen LogP contribution in [-0.2, 0) is 26.2 Å². The highest BCUT2D eigenvalue weighted by atomic mass is 35.5. The molecule has 0 aliphatic rings. The van der Waals surface area contributed by atoms with Crippen molar-refractivity contribution in [1.29, 1.82) is 0 Å². The zero-order valence-corrected chi connectivity index (χ0v) is 26.6. The minimum absolute atomic E-state index is 0.0566. The van der Waals surface area contributed by atoms with Gasteiger partial charge in [0.15, 0.2) is 0 Å². The van der Waals surface area contributed by atoms with E-state index >= 15 is 0 Å². The quantitative estimate of drug-likeness (QED) is 0.268. The maximum absolute atomic E-state index is 14.2. The van der Waals surface area contributed by atoms with E-state index in [2.05, 4.69) is 5.32 Å². The topological polar surface area (TPSA) is 86.8 Å². The van der Waals surface area contributed by atoms with E-state index in [0.29, 0.717) is 33.3 Å². The standard InChI is InChI=1S/C31H37Cl2N3O4S/c1-7-28(31(38)34-20(2)3)35(18-25-26(32)9-8-10-27(25)33)30(37)19-36(29-16-13-22(5)17-23(29)6)41(39,40)24-14-11-21(4)12-15-24/h8-17,20,28H,7,18-19H2,1-6H3,(H,34,38). The molecule has 0 spiro atoms. The lowest BCUT2D eigenvalue weighted by molar-refractivity contribution is -0.140. The number of carbonyl (C=O) groups excluding carboxylic acids is 2. The van der Waals surface area contributed by atoms with Gasteiger partial charge in [-0.2, -0.15) is 0 Å². The highest BCUT2D eigenvalue weighted by Crippen LogP contribution is 2.30. The van der Waals surface area contributed by atoms with Crippen LogP contribution in [0.1, 0.15) is 49.4 Å². The highest BCUT2D eigenvalue weighted by Gasteiger charge is 2.35. The monoisotopic (exact) mass is 617 g/mol. The summed E-state index contributed by atoms with van der Waals surface area (Å²) in [5.74, 6) is -0.916. The van der Waals surface area contributed by atoms with Crippen LogP contribution >= 0.6 is 23.2 Å². The Labute approximate surface area is 253 Å². The third-order valence-electron chi connectivity index (χ3n) is 6.72. The lowest BCUT2D eigenvalue weighted by Gasteiger charge is -2.34. The number of sulfonamides is 1. The SMILES string of the molecule is CCC(C(=O)NC(C)C)N(Cc1c(Cl)cccc1Cl)C(=O)CN(c1ccc(C)cc1C)S(=O)(=O)c1ccc(C)cc1. The van der Waals surface area contributed by atoms with E-state index < -0.39 is 28.5 Å². The van der Waals surface area contributed by atoms with Gasteiger partial charge in [-0.15, -0.1) is 0 Å². The lowest BCUT2D eigenvalue weighted by Crippen LogP contribution is -2.53. The van der Waals surface area contributed by atoms with Crippen LogP contribution in [0.15, 0.2) is 65.6 Å². The third-order valence-corrected chi connectivity index (χ3v) is 9.20. The molecule has 0 aromatic heterocycles. The molecule has 3 aromatic rings. The van der Waals surface area contributed by atoms with Crippen LogP contribution in [-0.4, -0.2) is 43.8 Å². The summed E-state index contributed by atoms with van der Waals surface area (Å²) in [6.07, 6.45) is 0.292. The molecule has 1 unspecified atom stereocenters. The van der Waals surface area contributed by atoms with E-state index in [1.807, 2.05) is 33.8 Å². The molecule has 0 heterocycles. The summed E-state index contributed by atoms with van der Waals surface area (Å²) < 4.78 is 29.2. The molecule has 0 fully saturated rings. The van der Waals surface area contributed by atoms with Gasteiger partial charge in [0.05, 0.1) is 10.6 Å². The van der Waals surface area contributed by atoms with E-state index in [-0.39, 0.29) is 23.4 Å². The summed E-state index contributed by atoms with van der Waals surface area (Å²) in [7, 11) is -4.16. The van der Waals surface area contributed by atoms with Crippen molar-refractivity contribution in [3.05, 3.63) is 93.0 Å². The molecule has 220 valence electrons. The summed E-state index contributed by atoms with van der Waals surface area (Å²) in [5, 5.41) is 3.56. The summed E-state index contributed by atoms with van der Waals surface area (Å²) >= 11 is 12.9. The number of aryl methyl sites for hydroxylation is 3. The zero-order chi connectivity index (χ0) is 30.5. The van der Waals surface area contributed by atoms with Crippen molar-refractivity contribution in [3.8, 4) is 0 Å². The average molecular weight is 619 g/mol. The van der Waals surface area contributed by atoms with Crippen molar-refractivity contribution in [3.63, 3.8) is 0 Å². The molecular formula is C31H37Cl2N3O4S. The van der Waals surface area contributed by atoms with E-state index in [0.717, 1.165) is 15.4 Å². The summed E-state index contributed by atoms with van der Waals surface area (Å²) in [6.45, 7) is 10.4. The van der Waals surface area contributed by atoms with Crippen LogP contribution in [0.2, 0.25) is 10.0 Å². The number of benzene rings is 3. The fraction of sp³-hybridized carbons (Fsp3) is 0.355. The van der Waals surface area contributed by atoms with Crippen molar-refractivity contribution < 1.29 is 18.0 Å². The number of amides is 2. The Hall–Kier alpha value is -3.07. The first-order valence-corrected chi connectivity index (χ1v) is 15.6. The van der Waals surface area contributed by atoms with E-state index in [1.165, 1.54) is 17.0 Å². The fourth-order valence-electron chi connectivity index (χ4n) is 4.59. The van der Waals surface area contributed by atoms with Crippen molar-refractivity contribution >= 4 is 50.7 Å². The van der Waals surface area contributed by atoms with Crippen LogP contribution < -0.4 is 9.62 Å². The minimum atomic E-state index is -4.16. The molecule has 0 saturated heterocycles. The third kappa shape index (κ3) is 7.82. The Morgan fingerprint density at radius 2 is 1.49 bits per heavy atom. The largest absolute Gasteiger partial charge is 0.352 e. The van der Waals surface area contributed by atoms with Gasteiger partial charge < -0.3 is 10.2 Å². The summed E-state index contributed by atoms with van der Waals surface area (Å²) in [6, 6.07) is 15.8. The molecule has 0 bridgehead atoms. The second-order valence-electron chi connectivity index (χ2n) is 10.4. The van der Waals surface area contributed by atoms with Crippen molar-refractivity contribution in [1.82, 2.24) is 10.2 Å². The molecule has 1 atom stereocenters. The van der Waals surface area contributed by atoms with Gasteiger partial charge in [-0.05, 0) is 76.9 Å². The van der Waals surface area contributed by atoms with Crippen molar-refractivity contribution in [2.24, 2.45) is 0 Å². The van der Waals surface area contributed by atoms with Gasteiger partial charge in [0.1, 0.15) is 12.6 Å². The number of hydrogen-bond acceptors (Lipinski definition) is 4. The number of halogens is 2. The van der Waals surface area contributed by atoms with Crippen molar-refractivity contribution in [2.45, 2.75) is 71.5 Å². The van der Waals surface area contributed by atoms with E-state index in [9.17, 15) is 18.0 Å². The van der Waals surface area contributed by atoms with Crippen LogP contribution in [0.25, 0.3) is 0 Å². The molecule has 2 amide bonds. The number of anilines is 1. The molecular weight excluding hydrogens is 581 g/mol. The lowest BCUT2D eigenvalue weighted by atomic mass is 10.1. The number of nitrogens with zero attached hydrogens (tertiary/aromatic N) is 2. The maximum atomic E-state index is 14.2. The average Bonchev–Trinajstić information content (AvgIpc) is 2.89. The molecule has 1 N–H and O–H groups in total. The highest BCUT2D eigenvalue weighted by molar-refractivity contribution is 7.92.